The molecule has 0 aliphatic rings. The molecule has 0 fully saturated rings. The molecule has 0 aliphatic carbocycles. The fraction of sp³-hybridized carbons (Fsp3) is 0.0833. The molecule has 2 rings (SSSR count). The number of pyridine rings is 1. The normalized spacial score (nSPS) is 10.3. The van der Waals surface area contributed by atoms with Crippen LogP contribution in [-0.4, -0.2) is 4.98 Å². The van der Waals surface area contributed by atoms with Gasteiger partial charge in [-0.25, -0.2) is 13.8 Å². The summed E-state index contributed by atoms with van der Waals surface area (Å²) in [7, 11) is 0. The van der Waals surface area contributed by atoms with Gasteiger partial charge in [0.2, 0.25) is 0 Å². The van der Waals surface area contributed by atoms with Crippen molar-refractivity contribution in [3.63, 3.8) is 0 Å². The van der Waals surface area contributed by atoms with E-state index >= 15 is 0 Å². The Bertz CT molecular complexity index is 516. The third-order valence-electron chi connectivity index (χ3n) is 2.07. The van der Waals surface area contributed by atoms with Crippen LogP contribution < -0.4 is 4.74 Å². The molecule has 0 spiro atoms. The van der Waals surface area contributed by atoms with Gasteiger partial charge in [0, 0.05) is 0 Å². The van der Waals surface area contributed by atoms with Crippen molar-refractivity contribution in [3.05, 3.63) is 58.2 Å². The highest BCUT2D eigenvalue weighted by Gasteiger charge is 2.06. The minimum absolute atomic E-state index is 0.0799. The van der Waals surface area contributed by atoms with Crippen LogP contribution in [0, 0.1) is 11.6 Å². The number of ether oxygens (including phenoxy) is 1. The number of rotatable bonds is 3. The van der Waals surface area contributed by atoms with E-state index in [0.29, 0.717) is 4.60 Å². The van der Waals surface area contributed by atoms with Gasteiger partial charge < -0.3 is 4.74 Å². The first-order valence-corrected chi connectivity index (χ1v) is 5.64. The van der Waals surface area contributed by atoms with Crippen molar-refractivity contribution in [1.29, 1.82) is 0 Å². The topological polar surface area (TPSA) is 22.1 Å². The number of halogens is 3. The van der Waals surface area contributed by atoms with Crippen molar-refractivity contribution in [3.8, 4) is 5.88 Å². The lowest BCUT2D eigenvalue weighted by atomic mass is 10.2. The summed E-state index contributed by atoms with van der Waals surface area (Å²) in [6, 6.07) is 8.54. The molecule has 0 saturated heterocycles. The number of benzene rings is 1. The summed E-state index contributed by atoms with van der Waals surface area (Å²) in [5, 5.41) is 0. The molecule has 1 heterocycles. The minimum Gasteiger partial charge on any atom is -0.471 e. The number of nitrogens with zero attached hydrogens (tertiary/aromatic N) is 1. The average molecular weight is 300 g/mol. The number of hydrogen-bond donors (Lipinski definition) is 0. The van der Waals surface area contributed by atoms with Crippen molar-refractivity contribution in [1.82, 2.24) is 4.98 Å². The maximum Gasteiger partial charge on any atom is 0.251 e. The van der Waals surface area contributed by atoms with Crippen molar-refractivity contribution in [2.24, 2.45) is 0 Å². The molecule has 88 valence electrons. The van der Waals surface area contributed by atoms with Gasteiger partial charge in [0.1, 0.15) is 17.0 Å². The first-order chi connectivity index (χ1) is 8.15. The van der Waals surface area contributed by atoms with E-state index in [1.807, 2.05) is 0 Å². The van der Waals surface area contributed by atoms with Gasteiger partial charge in [-0.1, -0.05) is 12.1 Å². The van der Waals surface area contributed by atoms with Gasteiger partial charge in [-0.05, 0) is 45.8 Å². The van der Waals surface area contributed by atoms with Crippen LogP contribution in [0.1, 0.15) is 5.56 Å². The van der Waals surface area contributed by atoms with Gasteiger partial charge in [0.25, 0.3) is 5.88 Å². The summed E-state index contributed by atoms with van der Waals surface area (Å²) in [5.74, 6) is -0.931. The van der Waals surface area contributed by atoms with Crippen molar-refractivity contribution >= 4 is 15.9 Å². The van der Waals surface area contributed by atoms with E-state index < -0.39 is 5.82 Å². The van der Waals surface area contributed by atoms with Crippen LogP contribution in [0.2, 0.25) is 0 Å². The Hall–Kier alpha value is -1.49. The smallest absolute Gasteiger partial charge is 0.251 e. The Morgan fingerprint density at radius 2 is 1.76 bits per heavy atom. The second-order valence-corrected chi connectivity index (χ2v) is 4.15. The zero-order valence-corrected chi connectivity index (χ0v) is 10.2. The predicted molar refractivity (Wildman–Crippen MR) is 62.6 cm³/mol. The van der Waals surface area contributed by atoms with Crippen molar-refractivity contribution < 1.29 is 13.5 Å². The third-order valence-corrected chi connectivity index (χ3v) is 2.51. The van der Waals surface area contributed by atoms with Crippen LogP contribution in [-0.2, 0) is 6.61 Å². The maximum atomic E-state index is 13.3. The molecular weight excluding hydrogens is 292 g/mol. The second-order valence-electron chi connectivity index (χ2n) is 3.34. The molecule has 1 aromatic heterocycles. The molecule has 2 aromatic rings. The van der Waals surface area contributed by atoms with Gasteiger partial charge in [-0.2, -0.15) is 0 Å². The maximum absolute atomic E-state index is 13.3. The van der Waals surface area contributed by atoms with Crippen LogP contribution in [0.25, 0.3) is 0 Å². The van der Waals surface area contributed by atoms with E-state index in [2.05, 4.69) is 20.9 Å². The molecule has 17 heavy (non-hydrogen) atoms. The summed E-state index contributed by atoms with van der Waals surface area (Å²) in [6.07, 6.45) is 0. The standard InChI is InChI=1S/C12H8BrF2NO/c13-11-6-5-10(15)12(16-11)17-7-8-1-3-9(14)4-2-8/h1-6H,7H2. The van der Waals surface area contributed by atoms with Crippen LogP contribution in [0.3, 0.4) is 0 Å². The first kappa shape index (κ1) is 12.0. The molecule has 0 atom stereocenters. The lowest BCUT2D eigenvalue weighted by Gasteiger charge is -2.06. The van der Waals surface area contributed by atoms with Gasteiger partial charge in [0.15, 0.2) is 5.82 Å². The zero-order valence-electron chi connectivity index (χ0n) is 8.66. The van der Waals surface area contributed by atoms with E-state index in [0.717, 1.165) is 5.56 Å². The molecule has 1 aromatic carbocycles. The lowest BCUT2D eigenvalue weighted by molar-refractivity contribution is 0.276. The Morgan fingerprint density at radius 3 is 2.47 bits per heavy atom. The Labute approximate surface area is 105 Å². The molecule has 2 nitrogen and oxygen atoms in total. The van der Waals surface area contributed by atoms with Crippen molar-refractivity contribution in [2.45, 2.75) is 6.61 Å². The number of hydrogen-bond acceptors (Lipinski definition) is 2. The quantitative estimate of drug-likeness (QED) is 0.806. The highest BCUT2D eigenvalue weighted by atomic mass is 79.9. The fourth-order valence-corrected chi connectivity index (χ4v) is 1.53. The summed E-state index contributed by atoms with van der Waals surface area (Å²) < 4.78 is 31.6. The molecule has 0 aliphatic heterocycles. The summed E-state index contributed by atoms with van der Waals surface area (Å²) in [5.41, 5.74) is 0.743. The van der Waals surface area contributed by atoms with E-state index in [1.54, 1.807) is 12.1 Å². The van der Waals surface area contributed by atoms with Crippen LogP contribution in [0.5, 0.6) is 5.88 Å². The molecule has 0 radical (unpaired) electrons. The molecule has 0 bridgehead atoms. The average Bonchev–Trinajstić information content (AvgIpc) is 2.32. The molecule has 5 heteroatoms. The van der Waals surface area contributed by atoms with Crippen LogP contribution in [0.15, 0.2) is 41.0 Å². The van der Waals surface area contributed by atoms with E-state index in [4.69, 9.17) is 4.74 Å². The van der Waals surface area contributed by atoms with E-state index in [1.165, 1.54) is 24.3 Å². The Morgan fingerprint density at radius 1 is 1.06 bits per heavy atom. The van der Waals surface area contributed by atoms with Gasteiger partial charge in [-0.3, -0.25) is 0 Å². The molecular formula is C12H8BrF2NO. The highest BCUT2D eigenvalue weighted by Crippen LogP contribution is 2.18. The lowest BCUT2D eigenvalue weighted by Crippen LogP contribution is -1.99. The molecule has 0 N–H and O–H groups in total. The zero-order chi connectivity index (χ0) is 12.3. The minimum atomic E-state index is -0.532. The first-order valence-electron chi connectivity index (χ1n) is 4.84. The molecule has 0 saturated carbocycles. The second kappa shape index (κ2) is 5.23. The predicted octanol–water partition coefficient (Wildman–Crippen LogP) is 3.70. The largest absolute Gasteiger partial charge is 0.471 e. The summed E-state index contributed by atoms with van der Waals surface area (Å²) in [4.78, 5) is 3.85. The summed E-state index contributed by atoms with van der Waals surface area (Å²) >= 11 is 3.12. The fourth-order valence-electron chi connectivity index (χ4n) is 1.23. The van der Waals surface area contributed by atoms with E-state index in [-0.39, 0.29) is 18.3 Å². The van der Waals surface area contributed by atoms with Gasteiger partial charge in [-0.15, -0.1) is 0 Å². The summed E-state index contributed by atoms with van der Waals surface area (Å²) in [6.45, 7) is 0.140. The van der Waals surface area contributed by atoms with Crippen LogP contribution in [0.4, 0.5) is 8.78 Å². The van der Waals surface area contributed by atoms with Gasteiger partial charge >= 0.3 is 0 Å². The van der Waals surface area contributed by atoms with Gasteiger partial charge in [0.05, 0.1) is 0 Å². The molecule has 0 unspecified atom stereocenters. The van der Waals surface area contributed by atoms with E-state index in [9.17, 15) is 8.78 Å². The van der Waals surface area contributed by atoms with Crippen LogP contribution >= 0.6 is 15.9 Å². The van der Waals surface area contributed by atoms with Crippen molar-refractivity contribution in [2.75, 3.05) is 0 Å². The molecule has 0 amide bonds. The SMILES string of the molecule is Fc1ccc(COc2nc(Br)ccc2F)cc1. The number of aromatic nitrogens is 1. The Kier molecular flexibility index (Phi) is 3.68. The third kappa shape index (κ3) is 3.23. The highest BCUT2D eigenvalue weighted by molar-refractivity contribution is 9.10. The monoisotopic (exact) mass is 299 g/mol. The Balaban J connectivity index is 2.07.